The molecule has 0 fully saturated rings. The molecule has 0 spiro atoms. The molecule has 1 aliphatic rings. The van der Waals surface area contributed by atoms with Crippen molar-refractivity contribution in [2.75, 3.05) is 0 Å². The molecule has 0 amide bonds. The van der Waals surface area contributed by atoms with Crippen LogP contribution in [0.3, 0.4) is 0 Å². The molecule has 2 unspecified atom stereocenters. The first kappa shape index (κ1) is 12.2. The third kappa shape index (κ3) is 2.12. The monoisotopic (exact) mass is 248 g/mol. The quantitative estimate of drug-likeness (QED) is 0.666. The maximum absolute atomic E-state index is 2.38. The molecule has 0 saturated carbocycles. The van der Waals surface area contributed by atoms with Crippen LogP contribution in [0.2, 0.25) is 0 Å². The van der Waals surface area contributed by atoms with Gasteiger partial charge >= 0.3 is 0 Å². The maximum Gasteiger partial charge on any atom is 0.0115 e. The van der Waals surface area contributed by atoms with Gasteiger partial charge in [0.2, 0.25) is 0 Å². The number of benzene rings is 2. The van der Waals surface area contributed by atoms with Crippen molar-refractivity contribution >= 4 is 0 Å². The topological polar surface area (TPSA) is 0 Å². The second-order valence-electron chi connectivity index (χ2n) is 6.08. The van der Waals surface area contributed by atoms with E-state index in [9.17, 15) is 0 Å². The normalized spacial score (nSPS) is 29.6. The summed E-state index contributed by atoms with van der Waals surface area (Å²) in [4.78, 5) is 0. The average molecular weight is 248 g/mol. The van der Waals surface area contributed by atoms with Crippen LogP contribution in [0.25, 0.3) is 0 Å². The van der Waals surface area contributed by atoms with E-state index in [0.717, 1.165) is 6.42 Å². The second kappa shape index (κ2) is 4.38. The van der Waals surface area contributed by atoms with Gasteiger partial charge in [-0.1, -0.05) is 86.7 Å². The highest BCUT2D eigenvalue weighted by atomic mass is 14.4. The van der Waals surface area contributed by atoms with Crippen molar-refractivity contribution in [1.82, 2.24) is 0 Å². The molecule has 3 rings (SSSR count). The van der Waals surface area contributed by atoms with Gasteiger partial charge in [-0.25, -0.2) is 0 Å². The molecule has 0 aromatic heterocycles. The van der Waals surface area contributed by atoms with Gasteiger partial charge in [0, 0.05) is 10.8 Å². The van der Waals surface area contributed by atoms with Gasteiger partial charge in [-0.05, 0) is 17.5 Å². The molecule has 19 heavy (non-hydrogen) atoms. The number of rotatable bonds is 2. The summed E-state index contributed by atoms with van der Waals surface area (Å²) in [6.07, 6.45) is 5.90. The lowest BCUT2D eigenvalue weighted by Crippen LogP contribution is -2.25. The minimum atomic E-state index is 0.145. The Hall–Kier alpha value is -1.82. The van der Waals surface area contributed by atoms with Gasteiger partial charge in [-0.2, -0.15) is 0 Å². The Kier molecular flexibility index (Phi) is 2.82. The van der Waals surface area contributed by atoms with Gasteiger partial charge in [0.25, 0.3) is 0 Å². The molecular formula is C19H20. The van der Waals surface area contributed by atoms with Gasteiger partial charge in [-0.15, -0.1) is 0 Å². The van der Waals surface area contributed by atoms with Crippen LogP contribution in [0.15, 0.2) is 72.8 Å². The first-order chi connectivity index (χ1) is 9.12. The van der Waals surface area contributed by atoms with Crippen LogP contribution in [-0.4, -0.2) is 0 Å². The zero-order chi connectivity index (χ0) is 13.3. The van der Waals surface area contributed by atoms with Crippen LogP contribution < -0.4 is 0 Å². The maximum atomic E-state index is 2.38. The number of hydrogen-bond acceptors (Lipinski definition) is 0. The summed E-state index contributed by atoms with van der Waals surface area (Å²) in [5.74, 6) is 0. The van der Waals surface area contributed by atoms with Gasteiger partial charge < -0.3 is 0 Å². The Morgan fingerprint density at radius 2 is 1.00 bits per heavy atom. The molecule has 0 aliphatic heterocycles. The van der Waals surface area contributed by atoms with Gasteiger partial charge in [-0.3, -0.25) is 0 Å². The lowest BCUT2D eigenvalue weighted by atomic mass is 9.73. The Morgan fingerprint density at radius 3 is 1.37 bits per heavy atom. The molecule has 0 heteroatoms. The van der Waals surface area contributed by atoms with Crippen LogP contribution in [0, 0.1) is 0 Å². The molecule has 0 bridgehead atoms. The van der Waals surface area contributed by atoms with E-state index in [0.29, 0.717) is 0 Å². The Morgan fingerprint density at radius 1 is 0.632 bits per heavy atom. The first-order valence-electron chi connectivity index (χ1n) is 6.94. The van der Waals surface area contributed by atoms with E-state index in [1.165, 1.54) is 11.1 Å². The highest BCUT2D eigenvalue weighted by Gasteiger charge is 2.39. The minimum Gasteiger partial charge on any atom is -0.0773 e. The summed E-state index contributed by atoms with van der Waals surface area (Å²) in [5, 5.41) is 0. The molecule has 2 atom stereocenters. The lowest BCUT2D eigenvalue weighted by Gasteiger charge is -2.30. The van der Waals surface area contributed by atoms with Crippen LogP contribution in [0.4, 0.5) is 0 Å². The van der Waals surface area contributed by atoms with Crippen molar-refractivity contribution in [3.8, 4) is 0 Å². The van der Waals surface area contributed by atoms with Crippen LogP contribution in [-0.2, 0) is 10.8 Å². The summed E-state index contributed by atoms with van der Waals surface area (Å²) in [6, 6.07) is 21.6. The molecule has 0 saturated heterocycles. The number of hydrogen-bond donors (Lipinski definition) is 0. The Labute approximate surface area is 115 Å². The summed E-state index contributed by atoms with van der Waals surface area (Å²) in [6.45, 7) is 4.68. The van der Waals surface area contributed by atoms with Crippen molar-refractivity contribution in [2.45, 2.75) is 31.1 Å². The van der Waals surface area contributed by atoms with Gasteiger partial charge in [0.15, 0.2) is 0 Å². The fourth-order valence-corrected chi connectivity index (χ4v) is 3.28. The largest absolute Gasteiger partial charge is 0.0773 e. The van der Waals surface area contributed by atoms with E-state index in [1.54, 1.807) is 0 Å². The zero-order valence-electron chi connectivity index (χ0n) is 11.6. The number of allylic oxidation sites excluding steroid dienone is 2. The van der Waals surface area contributed by atoms with Crippen LogP contribution in [0.5, 0.6) is 0 Å². The van der Waals surface area contributed by atoms with Crippen LogP contribution in [0.1, 0.15) is 31.4 Å². The summed E-state index contributed by atoms with van der Waals surface area (Å²) >= 11 is 0. The summed E-state index contributed by atoms with van der Waals surface area (Å²) in [5.41, 5.74) is 3.11. The van der Waals surface area contributed by atoms with Crippen molar-refractivity contribution in [1.29, 1.82) is 0 Å². The molecule has 0 radical (unpaired) electrons. The Bertz CT molecular complexity index is 528. The van der Waals surface area contributed by atoms with Crippen molar-refractivity contribution < 1.29 is 0 Å². The molecule has 0 N–H and O–H groups in total. The van der Waals surface area contributed by atoms with Crippen molar-refractivity contribution in [3.63, 3.8) is 0 Å². The van der Waals surface area contributed by atoms with E-state index in [4.69, 9.17) is 0 Å². The molecule has 0 nitrogen and oxygen atoms in total. The molecule has 0 heterocycles. The fourth-order valence-electron chi connectivity index (χ4n) is 3.28. The predicted octanol–water partition coefficient (Wildman–Crippen LogP) is 4.86. The Balaban J connectivity index is 1.95. The van der Waals surface area contributed by atoms with Crippen LogP contribution >= 0.6 is 0 Å². The fraction of sp³-hybridized carbons (Fsp3) is 0.263. The van der Waals surface area contributed by atoms with Gasteiger partial charge in [0.1, 0.15) is 0 Å². The van der Waals surface area contributed by atoms with E-state index < -0.39 is 0 Å². The standard InChI is InChI=1S/C19H20/c1-18(16-9-5-3-6-10-16)13-14-19(2,15-18)17-11-7-4-8-12-17/h3-14H,15H2,1-2H3. The smallest absolute Gasteiger partial charge is 0.0115 e. The third-order valence-electron chi connectivity index (χ3n) is 4.42. The van der Waals surface area contributed by atoms with E-state index >= 15 is 0 Å². The SMILES string of the molecule is CC1(c2ccccc2)C=CC(C)(c2ccccc2)C1. The third-order valence-corrected chi connectivity index (χ3v) is 4.42. The second-order valence-corrected chi connectivity index (χ2v) is 6.08. The lowest BCUT2D eigenvalue weighted by molar-refractivity contribution is 0.455. The highest BCUT2D eigenvalue weighted by Crippen LogP contribution is 2.46. The highest BCUT2D eigenvalue weighted by molar-refractivity contribution is 5.42. The predicted molar refractivity (Wildman–Crippen MR) is 81.3 cm³/mol. The molecule has 2 aromatic rings. The summed E-state index contributed by atoms with van der Waals surface area (Å²) in [7, 11) is 0. The first-order valence-corrected chi connectivity index (χ1v) is 6.94. The van der Waals surface area contributed by atoms with Crippen molar-refractivity contribution in [3.05, 3.63) is 83.9 Å². The molecule has 2 aromatic carbocycles. The molecule has 1 aliphatic carbocycles. The van der Waals surface area contributed by atoms with E-state index in [-0.39, 0.29) is 10.8 Å². The average Bonchev–Trinajstić information content (AvgIpc) is 2.80. The van der Waals surface area contributed by atoms with E-state index in [2.05, 4.69) is 86.7 Å². The van der Waals surface area contributed by atoms with Crippen molar-refractivity contribution in [2.24, 2.45) is 0 Å². The zero-order valence-corrected chi connectivity index (χ0v) is 11.6. The minimum absolute atomic E-state index is 0.145. The van der Waals surface area contributed by atoms with Gasteiger partial charge in [0.05, 0.1) is 0 Å². The van der Waals surface area contributed by atoms with E-state index in [1.807, 2.05) is 0 Å². The molecule has 96 valence electrons. The molecular weight excluding hydrogens is 228 g/mol. The summed E-state index contributed by atoms with van der Waals surface area (Å²) < 4.78 is 0.